The number of imide groups is 1. The molecule has 0 bridgehead atoms. The first-order chi connectivity index (χ1) is 17.0. The van der Waals surface area contributed by atoms with Crippen LogP contribution >= 0.6 is 0 Å². The molecule has 1 atom stereocenters. The van der Waals surface area contributed by atoms with Crippen molar-refractivity contribution in [3.63, 3.8) is 0 Å². The lowest BCUT2D eigenvalue weighted by atomic mass is 10.1. The predicted octanol–water partition coefficient (Wildman–Crippen LogP) is 1.97. The van der Waals surface area contributed by atoms with Crippen molar-refractivity contribution in [3.05, 3.63) is 48.0 Å². The summed E-state index contributed by atoms with van der Waals surface area (Å²) in [4.78, 5) is 43.3. The van der Waals surface area contributed by atoms with Crippen molar-refractivity contribution in [1.29, 1.82) is 0 Å². The van der Waals surface area contributed by atoms with Crippen molar-refractivity contribution in [3.8, 4) is 17.2 Å². The van der Waals surface area contributed by atoms with E-state index in [4.69, 9.17) is 14.2 Å². The van der Waals surface area contributed by atoms with Gasteiger partial charge in [-0.25, -0.2) is 4.79 Å². The summed E-state index contributed by atoms with van der Waals surface area (Å²) in [5, 5.41) is 2.71. The van der Waals surface area contributed by atoms with Crippen LogP contribution in [0.4, 0.5) is 10.5 Å². The number of carbonyl (C=O) groups is 3. The molecule has 2 aromatic carbocycles. The van der Waals surface area contributed by atoms with E-state index in [2.05, 4.69) is 10.2 Å². The van der Waals surface area contributed by atoms with Gasteiger partial charge in [0.15, 0.2) is 11.5 Å². The number of anilines is 1. The third-order valence-electron chi connectivity index (χ3n) is 6.58. The molecule has 5 rings (SSSR count). The summed E-state index contributed by atoms with van der Waals surface area (Å²) in [6.45, 7) is 2.96. The van der Waals surface area contributed by atoms with Gasteiger partial charge in [-0.3, -0.25) is 14.5 Å². The summed E-state index contributed by atoms with van der Waals surface area (Å²) < 4.78 is 16.0. The molecule has 0 spiro atoms. The molecule has 1 N–H and O–H groups in total. The van der Waals surface area contributed by atoms with Crippen LogP contribution in [-0.2, 0) is 16.1 Å². The zero-order valence-corrected chi connectivity index (χ0v) is 19.6. The number of ether oxygens (including phenoxy) is 3. The molecule has 0 aliphatic carbocycles. The van der Waals surface area contributed by atoms with E-state index in [0.717, 1.165) is 30.1 Å². The third-order valence-corrected chi connectivity index (χ3v) is 6.58. The first-order valence-corrected chi connectivity index (χ1v) is 11.7. The number of nitrogens with zero attached hydrogens (tertiary/aromatic N) is 3. The van der Waals surface area contributed by atoms with Crippen LogP contribution in [0.15, 0.2) is 42.5 Å². The minimum absolute atomic E-state index is 0.00781. The molecule has 1 unspecified atom stereocenters. The van der Waals surface area contributed by atoms with Gasteiger partial charge in [0.2, 0.25) is 12.7 Å². The van der Waals surface area contributed by atoms with E-state index < -0.39 is 12.1 Å². The minimum Gasteiger partial charge on any atom is -0.497 e. The van der Waals surface area contributed by atoms with E-state index in [9.17, 15) is 14.4 Å². The lowest BCUT2D eigenvalue weighted by molar-refractivity contribution is -0.132. The number of benzene rings is 2. The molecule has 10 heteroatoms. The maximum absolute atomic E-state index is 12.8. The molecule has 35 heavy (non-hydrogen) atoms. The van der Waals surface area contributed by atoms with E-state index >= 15 is 0 Å². The molecule has 0 saturated carbocycles. The first kappa shape index (κ1) is 22.8. The van der Waals surface area contributed by atoms with Gasteiger partial charge < -0.3 is 29.3 Å². The van der Waals surface area contributed by atoms with Gasteiger partial charge in [-0.05, 0) is 36.2 Å². The van der Waals surface area contributed by atoms with Crippen LogP contribution in [0.25, 0.3) is 0 Å². The average molecular weight is 481 g/mol. The van der Waals surface area contributed by atoms with Gasteiger partial charge in [-0.2, -0.15) is 0 Å². The number of hydrogen-bond acceptors (Lipinski definition) is 7. The summed E-state index contributed by atoms with van der Waals surface area (Å²) in [7, 11) is 1.64. The molecule has 0 aromatic heterocycles. The van der Waals surface area contributed by atoms with Crippen molar-refractivity contribution >= 4 is 23.5 Å². The van der Waals surface area contributed by atoms with Gasteiger partial charge in [-0.15, -0.1) is 0 Å². The van der Waals surface area contributed by atoms with E-state index in [1.54, 1.807) is 25.3 Å². The Kier molecular flexibility index (Phi) is 6.35. The Hall–Kier alpha value is -3.95. The van der Waals surface area contributed by atoms with Crippen LogP contribution in [-0.4, -0.2) is 73.8 Å². The Morgan fingerprint density at radius 2 is 1.86 bits per heavy atom. The fourth-order valence-electron chi connectivity index (χ4n) is 4.59. The van der Waals surface area contributed by atoms with Crippen LogP contribution in [0, 0.1) is 0 Å². The van der Waals surface area contributed by atoms with E-state index in [0.29, 0.717) is 24.6 Å². The van der Waals surface area contributed by atoms with Gasteiger partial charge in [0.25, 0.3) is 5.91 Å². The summed E-state index contributed by atoms with van der Waals surface area (Å²) >= 11 is 0. The summed E-state index contributed by atoms with van der Waals surface area (Å²) in [6, 6.07) is 12.1. The normalized spacial score (nSPS) is 19.2. The second-order valence-electron chi connectivity index (χ2n) is 8.72. The molecular weight excluding hydrogens is 452 g/mol. The smallest absolute Gasteiger partial charge is 0.325 e. The Morgan fingerprint density at radius 3 is 2.66 bits per heavy atom. The Balaban J connectivity index is 1.11. The molecule has 3 aliphatic heterocycles. The number of urea groups is 1. The highest BCUT2D eigenvalue weighted by Gasteiger charge is 2.38. The molecule has 3 heterocycles. The third kappa shape index (κ3) is 4.82. The molecule has 2 aromatic rings. The van der Waals surface area contributed by atoms with Crippen molar-refractivity contribution in [2.24, 2.45) is 0 Å². The largest absolute Gasteiger partial charge is 0.497 e. The number of nitrogens with one attached hydrogen (secondary N) is 1. The van der Waals surface area contributed by atoms with Crippen LogP contribution in [0.5, 0.6) is 17.2 Å². The summed E-state index contributed by atoms with van der Waals surface area (Å²) in [6.07, 6.45) is 0.477. The number of piperazine rings is 1. The van der Waals surface area contributed by atoms with Crippen LogP contribution in [0.1, 0.15) is 18.4 Å². The van der Waals surface area contributed by atoms with Crippen LogP contribution in [0.3, 0.4) is 0 Å². The van der Waals surface area contributed by atoms with E-state index in [1.165, 1.54) is 4.90 Å². The molecule has 2 saturated heterocycles. The number of amides is 4. The highest BCUT2D eigenvalue weighted by molar-refractivity contribution is 6.04. The molecule has 184 valence electrons. The Bertz CT molecular complexity index is 1130. The van der Waals surface area contributed by atoms with Gasteiger partial charge in [0, 0.05) is 44.4 Å². The minimum atomic E-state index is -0.696. The number of fused-ring (bicyclic) bond motifs is 1. The maximum atomic E-state index is 12.8. The zero-order chi connectivity index (χ0) is 24.4. The number of methoxy groups -OCH3 is 1. The Morgan fingerprint density at radius 1 is 1.06 bits per heavy atom. The Labute approximate surface area is 203 Å². The quantitative estimate of drug-likeness (QED) is 0.605. The first-order valence-electron chi connectivity index (χ1n) is 11.7. The van der Waals surface area contributed by atoms with Crippen molar-refractivity contribution in [2.45, 2.75) is 25.4 Å². The van der Waals surface area contributed by atoms with Crippen molar-refractivity contribution < 1.29 is 28.6 Å². The predicted molar refractivity (Wildman–Crippen MR) is 126 cm³/mol. The summed E-state index contributed by atoms with van der Waals surface area (Å²) in [5.41, 5.74) is 1.83. The van der Waals surface area contributed by atoms with Crippen LogP contribution in [0.2, 0.25) is 0 Å². The lowest BCUT2D eigenvalue weighted by Gasteiger charge is -2.36. The fourth-order valence-corrected chi connectivity index (χ4v) is 4.59. The standard InChI is InChI=1S/C25H28N4O6/c1-33-19-4-2-3-18(14-19)27-9-11-28(12-10-27)23(30)8-6-20-24(31)29(25(32)26-20)15-17-5-7-21-22(13-17)35-16-34-21/h2-5,7,13-14,20H,6,8-12,15-16H2,1H3,(H,26,32). The van der Waals surface area contributed by atoms with E-state index in [1.807, 2.05) is 29.2 Å². The van der Waals surface area contributed by atoms with Gasteiger partial charge in [-0.1, -0.05) is 12.1 Å². The molecule has 2 fully saturated rings. The molecule has 4 amide bonds. The van der Waals surface area contributed by atoms with Crippen molar-refractivity contribution in [1.82, 2.24) is 15.1 Å². The topological polar surface area (TPSA) is 101 Å². The second-order valence-corrected chi connectivity index (χ2v) is 8.72. The summed E-state index contributed by atoms with van der Waals surface area (Å²) in [5.74, 6) is 1.72. The fraction of sp³-hybridized carbons (Fsp3) is 0.400. The average Bonchev–Trinajstić information content (AvgIpc) is 3.47. The van der Waals surface area contributed by atoms with E-state index in [-0.39, 0.29) is 38.0 Å². The lowest BCUT2D eigenvalue weighted by Crippen LogP contribution is -2.49. The number of carbonyl (C=O) groups excluding carboxylic acids is 3. The van der Waals surface area contributed by atoms with Gasteiger partial charge in [0.05, 0.1) is 13.7 Å². The van der Waals surface area contributed by atoms with Gasteiger partial charge >= 0.3 is 6.03 Å². The SMILES string of the molecule is COc1cccc(N2CCN(C(=O)CCC3NC(=O)N(Cc4ccc5c(c4)OCO5)C3=O)CC2)c1. The maximum Gasteiger partial charge on any atom is 0.325 e. The van der Waals surface area contributed by atoms with Crippen molar-refractivity contribution in [2.75, 3.05) is 45.0 Å². The van der Waals surface area contributed by atoms with Crippen LogP contribution < -0.4 is 24.4 Å². The second kappa shape index (κ2) is 9.73. The molecular formula is C25H28N4O6. The number of rotatable bonds is 7. The monoisotopic (exact) mass is 480 g/mol. The number of hydrogen-bond donors (Lipinski definition) is 1. The molecule has 3 aliphatic rings. The van der Waals surface area contributed by atoms with Gasteiger partial charge in [0.1, 0.15) is 11.8 Å². The zero-order valence-electron chi connectivity index (χ0n) is 19.6. The highest BCUT2D eigenvalue weighted by atomic mass is 16.7. The molecule has 10 nitrogen and oxygen atoms in total. The highest BCUT2D eigenvalue weighted by Crippen LogP contribution is 2.33. The molecule has 0 radical (unpaired) electrons.